The van der Waals surface area contributed by atoms with E-state index in [1.807, 2.05) is 0 Å². The van der Waals surface area contributed by atoms with Crippen molar-refractivity contribution in [2.24, 2.45) is 17.6 Å². The Bertz CT molecular complexity index is 1100. The summed E-state index contributed by atoms with van der Waals surface area (Å²) in [5.41, 5.74) is 5.67. The Balaban J connectivity index is 5.94. The van der Waals surface area contributed by atoms with Crippen LogP contribution in [-0.2, 0) is 38.4 Å². The van der Waals surface area contributed by atoms with Crippen LogP contribution in [0.15, 0.2) is 0 Å². The van der Waals surface area contributed by atoms with Crippen molar-refractivity contribution in [1.29, 1.82) is 0 Å². The minimum Gasteiger partial charge on any atom is -0.481 e. The Kier molecular flexibility index (Phi) is 17.8. The first-order valence-electron chi connectivity index (χ1n) is 14.3. The molecule has 18 heteroatoms. The monoisotopic (exact) mass is 662 g/mol. The summed E-state index contributed by atoms with van der Waals surface area (Å²) in [5.74, 6) is -9.43. The zero-order chi connectivity index (χ0) is 35.2. The molecule has 0 unspecified atom stereocenters. The molecule has 0 fully saturated rings. The number of rotatable bonds is 20. The average Bonchev–Trinajstić information content (AvgIpc) is 2.93. The van der Waals surface area contributed by atoms with Crippen LogP contribution in [0.5, 0.6) is 0 Å². The fourth-order valence-corrected chi connectivity index (χ4v) is 4.44. The van der Waals surface area contributed by atoms with Gasteiger partial charge in [0.25, 0.3) is 0 Å². The lowest BCUT2D eigenvalue weighted by Gasteiger charge is -2.35. The molecule has 0 bridgehead atoms. The standard InChI is InChI=1S/C27H46N6O11S/c1-7-15(23(39)31-17(11-45)27(43)44)29-25(41)21(13(4)5)33(6)26(42)20(12(2)3)32-24(40)16(10-19(36)37)30-22(38)14(28)8-9-18(34)35/h12-17,20-21,45H,7-11,28H2,1-6H3,(H,29,41)(H,30,38)(H,31,39)(H,32,40)(H,34,35)(H,36,37)(H,43,44)/t14-,15-,16-,17-,20-,21-/m0/s1. The maximum atomic E-state index is 13.6. The largest absolute Gasteiger partial charge is 0.481 e. The highest BCUT2D eigenvalue weighted by molar-refractivity contribution is 7.80. The van der Waals surface area contributed by atoms with Crippen LogP contribution in [0.25, 0.3) is 0 Å². The number of aliphatic carboxylic acids is 3. The highest BCUT2D eigenvalue weighted by Gasteiger charge is 2.38. The van der Waals surface area contributed by atoms with Crippen molar-refractivity contribution in [2.75, 3.05) is 12.8 Å². The van der Waals surface area contributed by atoms with Gasteiger partial charge in [-0.3, -0.25) is 33.6 Å². The normalized spacial score (nSPS) is 15.1. The third-order valence-corrected chi connectivity index (χ3v) is 7.12. The van der Waals surface area contributed by atoms with Crippen LogP contribution in [0.2, 0.25) is 0 Å². The number of carbonyl (C=O) groups is 8. The molecule has 0 aromatic rings. The molecule has 0 saturated carbocycles. The van der Waals surface area contributed by atoms with Crippen molar-refractivity contribution in [3.63, 3.8) is 0 Å². The Morgan fingerprint density at radius 3 is 1.67 bits per heavy atom. The van der Waals surface area contributed by atoms with Crippen molar-refractivity contribution in [3.8, 4) is 0 Å². The third kappa shape index (κ3) is 13.7. The van der Waals surface area contributed by atoms with Crippen LogP contribution < -0.4 is 27.0 Å². The first-order chi connectivity index (χ1) is 20.8. The Morgan fingerprint density at radius 1 is 0.733 bits per heavy atom. The van der Waals surface area contributed by atoms with Gasteiger partial charge in [-0.1, -0.05) is 34.6 Å². The average molecular weight is 663 g/mol. The number of hydrogen-bond acceptors (Lipinski definition) is 10. The number of carboxylic acids is 3. The number of nitrogens with one attached hydrogen (secondary N) is 4. The van der Waals surface area contributed by atoms with Gasteiger partial charge >= 0.3 is 17.9 Å². The van der Waals surface area contributed by atoms with Crippen LogP contribution >= 0.6 is 12.6 Å². The molecule has 0 aliphatic carbocycles. The summed E-state index contributed by atoms with van der Waals surface area (Å²) < 4.78 is 0. The van der Waals surface area contributed by atoms with E-state index >= 15 is 0 Å². The van der Waals surface area contributed by atoms with Crippen molar-refractivity contribution in [2.45, 2.75) is 96.6 Å². The van der Waals surface area contributed by atoms with Gasteiger partial charge in [-0.2, -0.15) is 12.6 Å². The lowest BCUT2D eigenvalue weighted by atomic mass is 9.97. The maximum absolute atomic E-state index is 13.6. The summed E-state index contributed by atoms with van der Waals surface area (Å²) in [6, 6.07) is -7.87. The van der Waals surface area contributed by atoms with Gasteiger partial charge in [0.15, 0.2) is 0 Å². The fraction of sp³-hybridized carbons (Fsp3) is 0.704. The topological polar surface area (TPSA) is 275 Å². The Labute approximate surface area is 266 Å². The Morgan fingerprint density at radius 2 is 1.24 bits per heavy atom. The molecule has 256 valence electrons. The fourth-order valence-electron chi connectivity index (χ4n) is 4.19. The van der Waals surface area contributed by atoms with Crippen molar-refractivity contribution < 1.29 is 53.7 Å². The number of hydrogen-bond donors (Lipinski definition) is 9. The molecular weight excluding hydrogens is 616 g/mol. The predicted octanol–water partition coefficient (Wildman–Crippen LogP) is -1.84. The molecule has 0 aliphatic heterocycles. The lowest BCUT2D eigenvalue weighted by molar-refractivity contribution is -0.146. The maximum Gasteiger partial charge on any atom is 0.327 e. The van der Waals surface area contributed by atoms with Crippen LogP contribution in [0.4, 0.5) is 0 Å². The van der Waals surface area contributed by atoms with Gasteiger partial charge in [0, 0.05) is 19.2 Å². The second-order valence-corrected chi connectivity index (χ2v) is 11.5. The Hall–Kier alpha value is -3.93. The highest BCUT2D eigenvalue weighted by atomic mass is 32.1. The quantitative estimate of drug-likeness (QED) is 0.0651. The molecule has 17 nitrogen and oxygen atoms in total. The molecule has 0 rings (SSSR count). The van der Waals surface area contributed by atoms with Crippen molar-refractivity contribution in [3.05, 3.63) is 0 Å². The van der Waals surface area contributed by atoms with Crippen LogP contribution in [-0.4, -0.2) is 117 Å². The van der Waals surface area contributed by atoms with Crippen LogP contribution in [0.3, 0.4) is 0 Å². The summed E-state index contributed by atoms with van der Waals surface area (Å²) in [6.45, 7) is 8.06. The number of nitrogens with two attached hydrogens (primary N) is 1. The number of carbonyl (C=O) groups excluding carboxylic acids is 5. The van der Waals surface area contributed by atoms with E-state index in [0.717, 1.165) is 4.90 Å². The summed E-state index contributed by atoms with van der Waals surface area (Å²) in [5, 5.41) is 36.7. The smallest absolute Gasteiger partial charge is 0.327 e. The van der Waals surface area contributed by atoms with Gasteiger partial charge < -0.3 is 47.2 Å². The molecule has 0 aromatic carbocycles. The minimum absolute atomic E-state index is 0.0975. The molecule has 6 atom stereocenters. The SMILES string of the molecule is CC[C@H](NC(=O)[C@H](C(C)C)N(C)C(=O)[C@@H](NC(=O)[C@H](CC(=O)O)NC(=O)[C@@H](N)CCC(=O)O)C(C)C)C(=O)N[C@@H](CS)C(=O)O. The summed E-state index contributed by atoms with van der Waals surface area (Å²) in [6.07, 6.45) is -1.48. The first-order valence-corrected chi connectivity index (χ1v) is 14.9. The molecule has 0 aromatic heterocycles. The van der Waals surface area contributed by atoms with Gasteiger partial charge in [-0.15, -0.1) is 0 Å². The molecule has 0 heterocycles. The van der Waals surface area contributed by atoms with E-state index in [-0.39, 0.29) is 18.6 Å². The number of carboxylic acid groups (broad SMARTS) is 3. The van der Waals surface area contributed by atoms with Crippen LogP contribution in [0, 0.1) is 11.8 Å². The van der Waals surface area contributed by atoms with Crippen molar-refractivity contribution >= 4 is 60.1 Å². The molecule has 9 N–H and O–H groups in total. The lowest BCUT2D eigenvalue weighted by Crippen LogP contribution is -2.61. The predicted molar refractivity (Wildman–Crippen MR) is 163 cm³/mol. The van der Waals surface area contributed by atoms with E-state index in [9.17, 15) is 48.6 Å². The number of likely N-dealkylation sites (N-methyl/N-ethyl adjacent to an activating group) is 1. The van der Waals surface area contributed by atoms with E-state index in [1.165, 1.54) is 7.05 Å². The summed E-state index contributed by atoms with van der Waals surface area (Å²) in [7, 11) is 1.31. The number of thiol groups is 1. The van der Waals surface area contributed by atoms with E-state index in [1.54, 1.807) is 34.6 Å². The third-order valence-electron chi connectivity index (χ3n) is 6.75. The van der Waals surface area contributed by atoms with Gasteiger partial charge in [0.05, 0.1) is 12.5 Å². The minimum atomic E-state index is -1.66. The second kappa shape index (κ2) is 19.5. The van der Waals surface area contributed by atoms with E-state index in [0.29, 0.717) is 0 Å². The zero-order valence-corrected chi connectivity index (χ0v) is 27.1. The highest BCUT2D eigenvalue weighted by Crippen LogP contribution is 2.15. The van der Waals surface area contributed by atoms with E-state index < -0.39 is 108 Å². The van der Waals surface area contributed by atoms with Crippen LogP contribution in [0.1, 0.15) is 60.3 Å². The molecule has 0 radical (unpaired) electrons. The van der Waals surface area contributed by atoms with E-state index in [2.05, 4.69) is 33.9 Å². The molecule has 0 saturated heterocycles. The van der Waals surface area contributed by atoms with E-state index in [4.69, 9.17) is 10.8 Å². The van der Waals surface area contributed by atoms with Crippen molar-refractivity contribution in [1.82, 2.24) is 26.2 Å². The zero-order valence-electron chi connectivity index (χ0n) is 26.2. The number of nitrogens with zero attached hydrogens (tertiary/aromatic N) is 1. The molecule has 5 amide bonds. The number of amides is 5. The molecular formula is C27H46N6O11S. The first kappa shape index (κ1) is 41.1. The van der Waals surface area contributed by atoms with Gasteiger partial charge in [-0.25, -0.2) is 4.79 Å². The van der Waals surface area contributed by atoms with Gasteiger partial charge in [0.2, 0.25) is 29.5 Å². The van der Waals surface area contributed by atoms with Gasteiger partial charge in [-0.05, 0) is 24.7 Å². The molecule has 45 heavy (non-hydrogen) atoms. The van der Waals surface area contributed by atoms with Gasteiger partial charge in [0.1, 0.15) is 30.2 Å². The summed E-state index contributed by atoms with van der Waals surface area (Å²) in [4.78, 5) is 99.8. The second-order valence-electron chi connectivity index (χ2n) is 11.1. The molecule has 0 spiro atoms. The summed E-state index contributed by atoms with van der Waals surface area (Å²) >= 11 is 3.90. The molecule has 0 aliphatic rings.